The number of pyridine rings is 1. The summed E-state index contributed by atoms with van der Waals surface area (Å²) in [7, 11) is 0. The van der Waals surface area contributed by atoms with Gasteiger partial charge in [0.1, 0.15) is 0 Å². The molecule has 1 N–H and O–H groups in total. The van der Waals surface area contributed by atoms with Gasteiger partial charge in [-0.3, -0.25) is 0 Å². The molecule has 1 aromatic heterocycles. The number of para-hydroxylation sites is 1. The summed E-state index contributed by atoms with van der Waals surface area (Å²) < 4.78 is 0. The van der Waals surface area contributed by atoms with E-state index in [4.69, 9.17) is 4.98 Å². The maximum atomic E-state index is 4.71. The monoisotopic (exact) mass is 392 g/mol. The van der Waals surface area contributed by atoms with Crippen molar-refractivity contribution in [1.82, 2.24) is 9.88 Å². The van der Waals surface area contributed by atoms with Crippen molar-refractivity contribution in [2.24, 2.45) is 0 Å². The topological polar surface area (TPSA) is 31.4 Å². The molecule has 0 saturated carbocycles. The summed E-state index contributed by atoms with van der Waals surface area (Å²) in [6, 6.07) is 13.7. The molecule has 2 aliphatic heterocycles. The molecule has 29 heavy (non-hydrogen) atoms. The predicted octanol–water partition coefficient (Wildman–Crippen LogP) is 5.97. The van der Waals surface area contributed by atoms with E-state index in [0.717, 1.165) is 30.6 Å². The smallest absolute Gasteiger partial charge is 0.156 e. The standard InChI is InChI=1S/C25H36N4/c1-21(28-17-8-4-9-18-28)12-5-2-3-10-19-29-24-15-7-6-13-22(24)20-27-23-14-11-16-26-25(23)29/h6-7,11,13-16,21,27H,2-5,8-10,12,17-20H2,1H3. The van der Waals surface area contributed by atoms with Crippen LogP contribution in [0.5, 0.6) is 0 Å². The van der Waals surface area contributed by atoms with Crippen molar-refractivity contribution in [3.63, 3.8) is 0 Å². The van der Waals surface area contributed by atoms with Crippen LogP contribution in [0.25, 0.3) is 0 Å². The third kappa shape index (κ3) is 5.11. The lowest BCUT2D eigenvalue weighted by Gasteiger charge is -2.32. The Labute approximate surface area is 176 Å². The molecule has 0 radical (unpaired) electrons. The SMILES string of the molecule is CC(CCCCCCN1c2ccccc2CNc2cccnc21)N1CCCCC1. The Balaban J connectivity index is 1.28. The minimum Gasteiger partial charge on any atom is -0.378 e. The second kappa shape index (κ2) is 10.1. The average Bonchev–Trinajstić information content (AvgIpc) is 2.94. The molecular weight excluding hydrogens is 356 g/mol. The fraction of sp³-hybridized carbons (Fsp3) is 0.560. The third-order valence-electron chi connectivity index (χ3n) is 6.56. The van der Waals surface area contributed by atoms with Gasteiger partial charge in [0, 0.05) is 31.0 Å². The lowest BCUT2D eigenvalue weighted by Crippen LogP contribution is -2.37. The quantitative estimate of drug-likeness (QED) is 0.561. The van der Waals surface area contributed by atoms with E-state index in [0.29, 0.717) is 0 Å². The van der Waals surface area contributed by atoms with Crippen molar-refractivity contribution in [2.75, 3.05) is 29.9 Å². The molecule has 0 bridgehead atoms. The van der Waals surface area contributed by atoms with E-state index in [1.54, 1.807) is 0 Å². The van der Waals surface area contributed by atoms with E-state index in [1.807, 2.05) is 12.3 Å². The number of rotatable bonds is 8. The summed E-state index contributed by atoms with van der Waals surface area (Å²) in [5.74, 6) is 1.07. The van der Waals surface area contributed by atoms with Crippen molar-refractivity contribution >= 4 is 17.2 Å². The number of hydrogen-bond donors (Lipinski definition) is 1. The Morgan fingerprint density at radius 1 is 0.966 bits per heavy atom. The summed E-state index contributed by atoms with van der Waals surface area (Å²) in [5, 5.41) is 3.56. The fourth-order valence-electron chi connectivity index (χ4n) is 4.81. The number of nitrogens with one attached hydrogen (secondary N) is 1. The van der Waals surface area contributed by atoms with Crippen LogP contribution in [0.2, 0.25) is 0 Å². The number of likely N-dealkylation sites (tertiary alicyclic amines) is 1. The maximum absolute atomic E-state index is 4.71. The van der Waals surface area contributed by atoms with Gasteiger partial charge in [-0.2, -0.15) is 0 Å². The molecule has 1 unspecified atom stereocenters. The Morgan fingerprint density at radius 3 is 2.69 bits per heavy atom. The summed E-state index contributed by atoms with van der Waals surface area (Å²) in [4.78, 5) is 9.83. The van der Waals surface area contributed by atoms with Crippen molar-refractivity contribution in [2.45, 2.75) is 70.9 Å². The Bertz CT molecular complexity index is 721. The fourth-order valence-corrected chi connectivity index (χ4v) is 4.81. The zero-order valence-corrected chi connectivity index (χ0v) is 17.9. The number of nitrogens with zero attached hydrogens (tertiary/aromatic N) is 3. The minimum atomic E-state index is 0.759. The largest absolute Gasteiger partial charge is 0.378 e. The second-order valence-corrected chi connectivity index (χ2v) is 8.66. The first kappa shape index (κ1) is 20.2. The minimum absolute atomic E-state index is 0.759. The van der Waals surface area contributed by atoms with Gasteiger partial charge >= 0.3 is 0 Å². The zero-order valence-electron chi connectivity index (χ0n) is 17.9. The average molecular weight is 393 g/mol. The summed E-state index contributed by atoms with van der Waals surface area (Å²) >= 11 is 0. The van der Waals surface area contributed by atoms with Crippen LogP contribution in [0.15, 0.2) is 42.6 Å². The lowest BCUT2D eigenvalue weighted by atomic mass is 10.0. The van der Waals surface area contributed by atoms with Gasteiger partial charge in [0.15, 0.2) is 5.82 Å². The maximum Gasteiger partial charge on any atom is 0.156 e. The van der Waals surface area contributed by atoms with Gasteiger partial charge in [0.25, 0.3) is 0 Å². The number of piperidine rings is 1. The number of aromatic nitrogens is 1. The van der Waals surface area contributed by atoms with Crippen LogP contribution in [-0.2, 0) is 6.54 Å². The molecule has 3 heterocycles. The van der Waals surface area contributed by atoms with Gasteiger partial charge in [-0.25, -0.2) is 4.98 Å². The van der Waals surface area contributed by atoms with Crippen LogP contribution < -0.4 is 10.2 Å². The Kier molecular flexibility index (Phi) is 7.04. The molecule has 0 spiro atoms. The van der Waals surface area contributed by atoms with Gasteiger partial charge in [0.05, 0.1) is 5.69 Å². The molecular formula is C25H36N4. The van der Waals surface area contributed by atoms with Crippen molar-refractivity contribution in [3.8, 4) is 0 Å². The van der Waals surface area contributed by atoms with E-state index in [-0.39, 0.29) is 0 Å². The second-order valence-electron chi connectivity index (χ2n) is 8.66. The first-order valence-corrected chi connectivity index (χ1v) is 11.6. The molecule has 156 valence electrons. The van der Waals surface area contributed by atoms with Crippen LogP contribution >= 0.6 is 0 Å². The van der Waals surface area contributed by atoms with Crippen LogP contribution in [0.4, 0.5) is 17.2 Å². The number of anilines is 3. The number of benzene rings is 1. The third-order valence-corrected chi connectivity index (χ3v) is 6.56. The van der Waals surface area contributed by atoms with Gasteiger partial charge < -0.3 is 15.1 Å². The van der Waals surface area contributed by atoms with Gasteiger partial charge in [-0.05, 0) is 69.5 Å². The van der Waals surface area contributed by atoms with Crippen LogP contribution in [-0.4, -0.2) is 35.6 Å². The van der Waals surface area contributed by atoms with Gasteiger partial charge in [-0.15, -0.1) is 0 Å². The summed E-state index contributed by atoms with van der Waals surface area (Å²) in [6.07, 6.45) is 12.7. The van der Waals surface area contributed by atoms with E-state index in [2.05, 4.69) is 52.4 Å². The van der Waals surface area contributed by atoms with E-state index in [9.17, 15) is 0 Å². The molecule has 4 nitrogen and oxygen atoms in total. The van der Waals surface area contributed by atoms with Crippen LogP contribution in [0.3, 0.4) is 0 Å². The normalized spacial score (nSPS) is 17.8. The predicted molar refractivity (Wildman–Crippen MR) is 123 cm³/mol. The highest BCUT2D eigenvalue weighted by molar-refractivity contribution is 5.76. The highest BCUT2D eigenvalue weighted by Gasteiger charge is 2.20. The molecule has 1 saturated heterocycles. The first-order chi connectivity index (χ1) is 14.3. The molecule has 2 aliphatic rings. The lowest BCUT2D eigenvalue weighted by molar-refractivity contribution is 0.164. The highest BCUT2D eigenvalue weighted by Crippen LogP contribution is 2.36. The molecule has 1 aromatic carbocycles. The summed E-state index contributed by atoms with van der Waals surface area (Å²) in [6.45, 7) is 6.95. The van der Waals surface area contributed by atoms with E-state index < -0.39 is 0 Å². The molecule has 4 rings (SSSR count). The molecule has 2 aromatic rings. The highest BCUT2D eigenvalue weighted by atomic mass is 15.2. The van der Waals surface area contributed by atoms with E-state index in [1.165, 1.54) is 75.7 Å². The molecule has 0 amide bonds. The number of unbranched alkanes of at least 4 members (excludes halogenated alkanes) is 3. The molecule has 4 heteroatoms. The van der Waals surface area contributed by atoms with E-state index >= 15 is 0 Å². The summed E-state index contributed by atoms with van der Waals surface area (Å²) in [5.41, 5.74) is 3.79. The zero-order chi connectivity index (χ0) is 19.9. The van der Waals surface area contributed by atoms with Crippen LogP contribution in [0.1, 0.15) is 63.9 Å². The molecule has 1 fully saturated rings. The van der Waals surface area contributed by atoms with Crippen LogP contribution in [0, 0.1) is 0 Å². The molecule has 1 atom stereocenters. The van der Waals surface area contributed by atoms with Crippen molar-refractivity contribution < 1.29 is 0 Å². The van der Waals surface area contributed by atoms with Crippen molar-refractivity contribution in [3.05, 3.63) is 48.2 Å². The number of hydrogen-bond acceptors (Lipinski definition) is 4. The Morgan fingerprint density at radius 2 is 1.79 bits per heavy atom. The van der Waals surface area contributed by atoms with Gasteiger partial charge in [0.2, 0.25) is 0 Å². The van der Waals surface area contributed by atoms with Gasteiger partial charge in [-0.1, -0.05) is 43.9 Å². The van der Waals surface area contributed by atoms with Crippen molar-refractivity contribution in [1.29, 1.82) is 0 Å². The molecule has 0 aliphatic carbocycles. The Hall–Kier alpha value is -2.07. The number of fused-ring (bicyclic) bond motifs is 2. The first-order valence-electron chi connectivity index (χ1n) is 11.6.